The second-order valence-electron chi connectivity index (χ2n) is 4.77. The Morgan fingerprint density at radius 1 is 1.50 bits per heavy atom. The van der Waals surface area contributed by atoms with Crippen molar-refractivity contribution >= 4 is 12.0 Å². The molecule has 1 saturated heterocycles. The molecule has 1 aliphatic rings. The molecule has 0 aliphatic carbocycles. The maximum atomic E-state index is 11.8. The molecule has 16 heavy (non-hydrogen) atoms. The molecule has 1 heterocycles. The van der Waals surface area contributed by atoms with Crippen molar-refractivity contribution in [3.8, 4) is 0 Å². The maximum Gasteiger partial charge on any atom is 0.317 e. The summed E-state index contributed by atoms with van der Waals surface area (Å²) < 4.78 is 0. The lowest BCUT2D eigenvalue weighted by Crippen LogP contribution is -2.44. The summed E-state index contributed by atoms with van der Waals surface area (Å²) in [6.07, 6.45) is 1.02. The van der Waals surface area contributed by atoms with Crippen molar-refractivity contribution in [1.82, 2.24) is 10.2 Å². The molecular formula is C11H20N2O3. The number of hydrogen-bond donors (Lipinski definition) is 2. The van der Waals surface area contributed by atoms with Gasteiger partial charge >= 0.3 is 12.0 Å². The second-order valence-corrected chi connectivity index (χ2v) is 4.77. The van der Waals surface area contributed by atoms with Crippen LogP contribution in [-0.4, -0.2) is 41.1 Å². The van der Waals surface area contributed by atoms with Crippen LogP contribution in [0.25, 0.3) is 0 Å². The number of carbonyl (C=O) groups excluding carboxylic acids is 1. The lowest BCUT2D eigenvalue weighted by molar-refractivity contribution is -0.140. The van der Waals surface area contributed by atoms with E-state index in [1.807, 2.05) is 6.92 Å². The third kappa shape index (κ3) is 3.12. The average molecular weight is 228 g/mol. The van der Waals surface area contributed by atoms with Crippen LogP contribution >= 0.6 is 0 Å². The van der Waals surface area contributed by atoms with Gasteiger partial charge in [0.15, 0.2) is 0 Å². The number of amides is 2. The quantitative estimate of drug-likeness (QED) is 0.761. The first-order valence-electron chi connectivity index (χ1n) is 5.69. The molecule has 0 spiro atoms. The molecule has 0 saturated carbocycles. The molecule has 92 valence electrons. The van der Waals surface area contributed by atoms with Gasteiger partial charge in [-0.05, 0) is 19.3 Å². The monoisotopic (exact) mass is 228 g/mol. The number of nitrogens with zero attached hydrogens (tertiary/aromatic N) is 1. The van der Waals surface area contributed by atoms with Crippen LogP contribution in [0.1, 0.15) is 27.2 Å². The van der Waals surface area contributed by atoms with Gasteiger partial charge in [0.25, 0.3) is 0 Å². The Labute approximate surface area is 95.8 Å². The lowest BCUT2D eigenvalue weighted by atomic mass is 10.1. The summed E-state index contributed by atoms with van der Waals surface area (Å²) in [5.74, 6) is -0.903. The fourth-order valence-electron chi connectivity index (χ4n) is 2.01. The summed E-state index contributed by atoms with van der Waals surface area (Å²) in [5.41, 5.74) is 0. The summed E-state index contributed by atoms with van der Waals surface area (Å²) in [7, 11) is 0. The van der Waals surface area contributed by atoms with Crippen molar-refractivity contribution in [3.05, 3.63) is 0 Å². The molecule has 3 unspecified atom stereocenters. The fourth-order valence-corrected chi connectivity index (χ4v) is 2.01. The Morgan fingerprint density at radius 3 is 2.56 bits per heavy atom. The number of carboxylic acids is 1. The van der Waals surface area contributed by atoms with Gasteiger partial charge in [0, 0.05) is 19.1 Å². The molecular weight excluding hydrogens is 208 g/mol. The minimum absolute atomic E-state index is 0.148. The zero-order valence-corrected chi connectivity index (χ0v) is 10.1. The summed E-state index contributed by atoms with van der Waals surface area (Å²) in [4.78, 5) is 24.1. The number of carboxylic acid groups (broad SMARTS) is 1. The van der Waals surface area contributed by atoms with Crippen molar-refractivity contribution < 1.29 is 14.7 Å². The first-order valence-corrected chi connectivity index (χ1v) is 5.69. The SMILES string of the molecule is CC1CC(C)N(C(=O)NCC(C)C(=O)O)C1. The van der Waals surface area contributed by atoms with Gasteiger partial charge in [-0.15, -0.1) is 0 Å². The summed E-state index contributed by atoms with van der Waals surface area (Å²) in [5, 5.41) is 11.4. The third-order valence-corrected chi connectivity index (χ3v) is 3.03. The molecule has 5 nitrogen and oxygen atoms in total. The van der Waals surface area contributed by atoms with Crippen molar-refractivity contribution in [1.29, 1.82) is 0 Å². The number of urea groups is 1. The smallest absolute Gasteiger partial charge is 0.317 e. The van der Waals surface area contributed by atoms with Crippen LogP contribution in [-0.2, 0) is 4.79 Å². The topological polar surface area (TPSA) is 69.6 Å². The van der Waals surface area contributed by atoms with E-state index in [1.54, 1.807) is 11.8 Å². The molecule has 1 aliphatic heterocycles. The van der Waals surface area contributed by atoms with Gasteiger partial charge in [-0.25, -0.2) is 4.79 Å². The highest BCUT2D eigenvalue weighted by Gasteiger charge is 2.30. The normalized spacial score (nSPS) is 26.6. The van der Waals surface area contributed by atoms with Crippen molar-refractivity contribution in [3.63, 3.8) is 0 Å². The van der Waals surface area contributed by atoms with Crippen LogP contribution in [0.2, 0.25) is 0 Å². The number of likely N-dealkylation sites (tertiary alicyclic amines) is 1. The number of rotatable bonds is 3. The van der Waals surface area contributed by atoms with E-state index in [4.69, 9.17) is 5.11 Å². The van der Waals surface area contributed by atoms with Gasteiger partial charge in [0.05, 0.1) is 5.92 Å². The predicted molar refractivity (Wildman–Crippen MR) is 60.1 cm³/mol. The van der Waals surface area contributed by atoms with E-state index in [-0.39, 0.29) is 18.6 Å². The van der Waals surface area contributed by atoms with E-state index in [0.717, 1.165) is 13.0 Å². The summed E-state index contributed by atoms with van der Waals surface area (Å²) >= 11 is 0. The van der Waals surface area contributed by atoms with E-state index in [2.05, 4.69) is 12.2 Å². The highest BCUT2D eigenvalue weighted by atomic mass is 16.4. The van der Waals surface area contributed by atoms with E-state index in [9.17, 15) is 9.59 Å². The van der Waals surface area contributed by atoms with Crippen LogP contribution in [0, 0.1) is 11.8 Å². The first-order chi connectivity index (χ1) is 7.41. The van der Waals surface area contributed by atoms with Gasteiger partial charge in [-0.3, -0.25) is 4.79 Å². The number of hydrogen-bond acceptors (Lipinski definition) is 2. The molecule has 0 radical (unpaired) electrons. The van der Waals surface area contributed by atoms with Gasteiger partial charge in [-0.1, -0.05) is 13.8 Å². The van der Waals surface area contributed by atoms with Crippen molar-refractivity contribution in [2.24, 2.45) is 11.8 Å². The minimum Gasteiger partial charge on any atom is -0.481 e. The Morgan fingerprint density at radius 2 is 2.12 bits per heavy atom. The Kier molecular flexibility index (Phi) is 4.15. The van der Waals surface area contributed by atoms with Gasteiger partial charge in [0.2, 0.25) is 0 Å². The van der Waals surface area contributed by atoms with E-state index >= 15 is 0 Å². The van der Waals surface area contributed by atoms with Gasteiger partial charge < -0.3 is 15.3 Å². The van der Waals surface area contributed by atoms with Crippen LogP contribution < -0.4 is 5.32 Å². The molecule has 2 N–H and O–H groups in total. The minimum atomic E-state index is -0.886. The molecule has 0 bridgehead atoms. The number of aliphatic carboxylic acids is 1. The highest BCUT2D eigenvalue weighted by Crippen LogP contribution is 2.21. The van der Waals surface area contributed by atoms with Crippen LogP contribution in [0.3, 0.4) is 0 Å². The van der Waals surface area contributed by atoms with Crippen molar-refractivity contribution in [2.75, 3.05) is 13.1 Å². The van der Waals surface area contributed by atoms with Gasteiger partial charge in [0.1, 0.15) is 0 Å². The second kappa shape index (κ2) is 5.18. The van der Waals surface area contributed by atoms with E-state index in [1.165, 1.54) is 0 Å². The first kappa shape index (κ1) is 12.8. The molecule has 0 aromatic rings. The summed E-state index contributed by atoms with van der Waals surface area (Å²) in [6, 6.07) is 0.0973. The number of nitrogens with one attached hydrogen (secondary N) is 1. The van der Waals surface area contributed by atoms with Crippen molar-refractivity contribution in [2.45, 2.75) is 33.2 Å². The molecule has 0 aromatic carbocycles. The van der Waals surface area contributed by atoms with E-state index < -0.39 is 11.9 Å². The average Bonchev–Trinajstić information content (AvgIpc) is 2.53. The molecule has 0 aromatic heterocycles. The Balaban J connectivity index is 2.38. The molecule has 3 atom stereocenters. The zero-order valence-electron chi connectivity index (χ0n) is 10.1. The van der Waals surface area contributed by atoms with Crippen LogP contribution in [0.15, 0.2) is 0 Å². The predicted octanol–water partition coefficient (Wildman–Crippen LogP) is 1.15. The largest absolute Gasteiger partial charge is 0.481 e. The van der Waals surface area contributed by atoms with Crippen LogP contribution in [0.4, 0.5) is 4.79 Å². The molecule has 1 fully saturated rings. The highest BCUT2D eigenvalue weighted by molar-refractivity contribution is 5.76. The Hall–Kier alpha value is -1.26. The Bertz CT molecular complexity index is 280. The van der Waals surface area contributed by atoms with Gasteiger partial charge in [-0.2, -0.15) is 0 Å². The van der Waals surface area contributed by atoms with Crippen LogP contribution in [0.5, 0.6) is 0 Å². The molecule has 2 amide bonds. The fraction of sp³-hybridized carbons (Fsp3) is 0.818. The summed E-state index contributed by atoms with van der Waals surface area (Å²) in [6.45, 7) is 6.66. The molecule has 5 heteroatoms. The standard InChI is InChI=1S/C11H20N2O3/c1-7-4-9(3)13(6-7)11(16)12-5-8(2)10(14)15/h7-9H,4-6H2,1-3H3,(H,12,16)(H,14,15). The number of carbonyl (C=O) groups is 2. The molecule has 1 rings (SSSR count). The van der Waals surface area contributed by atoms with E-state index in [0.29, 0.717) is 5.92 Å². The maximum absolute atomic E-state index is 11.8. The zero-order chi connectivity index (χ0) is 12.3. The lowest BCUT2D eigenvalue weighted by Gasteiger charge is -2.22. The third-order valence-electron chi connectivity index (χ3n) is 3.03.